The van der Waals surface area contributed by atoms with Crippen molar-refractivity contribution in [3.8, 4) is 5.88 Å². The first-order valence-electron chi connectivity index (χ1n) is 6.68. The van der Waals surface area contributed by atoms with Gasteiger partial charge in [0.05, 0.1) is 18.2 Å². The van der Waals surface area contributed by atoms with E-state index in [1.54, 1.807) is 12.1 Å². The number of nitrogens with one attached hydrogen (secondary N) is 1. The van der Waals surface area contributed by atoms with Crippen LogP contribution in [0.3, 0.4) is 0 Å². The molecule has 2 N–H and O–H groups in total. The zero-order valence-corrected chi connectivity index (χ0v) is 12.2. The number of ether oxygens (including phenoxy) is 1. The topological polar surface area (TPSA) is 102 Å². The first kappa shape index (κ1) is 15.6. The summed E-state index contributed by atoms with van der Waals surface area (Å²) < 4.78 is 10.4. The molecule has 0 fully saturated rings. The number of pyridine rings is 1. The molecule has 7 nitrogen and oxygen atoms in total. The van der Waals surface area contributed by atoms with Crippen LogP contribution in [0.25, 0.3) is 0 Å². The summed E-state index contributed by atoms with van der Waals surface area (Å²) in [5.41, 5.74) is 0.376. The van der Waals surface area contributed by atoms with Gasteiger partial charge < -0.3 is 19.6 Å². The predicted octanol–water partition coefficient (Wildman–Crippen LogP) is 2.09. The number of furan rings is 1. The van der Waals surface area contributed by atoms with Crippen molar-refractivity contribution in [1.29, 1.82) is 0 Å². The second kappa shape index (κ2) is 6.75. The number of hydrogen-bond acceptors (Lipinski definition) is 5. The molecule has 1 amide bonds. The lowest BCUT2D eigenvalue weighted by Crippen LogP contribution is -2.22. The van der Waals surface area contributed by atoms with E-state index in [0.717, 1.165) is 0 Å². The predicted molar refractivity (Wildman–Crippen MR) is 76.8 cm³/mol. The molecule has 22 heavy (non-hydrogen) atoms. The Balaban J connectivity index is 1.92. The monoisotopic (exact) mass is 304 g/mol. The molecule has 0 aliphatic heterocycles. The second-order valence-electron chi connectivity index (χ2n) is 4.81. The van der Waals surface area contributed by atoms with E-state index < -0.39 is 5.97 Å². The van der Waals surface area contributed by atoms with Crippen molar-refractivity contribution in [1.82, 2.24) is 10.3 Å². The Kier molecular flexibility index (Phi) is 4.77. The van der Waals surface area contributed by atoms with Gasteiger partial charge in [0.25, 0.3) is 5.91 Å². The quantitative estimate of drug-likeness (QED) is 0.847. The number of rotatable bonds is 6. The fourth-order valence-corrected chi connectivity index (χ4v) is 1.68. The average Bonchev–Trinajstić information content (AvgIpc) is 2.94. The number of amides is 1. The summed E-state index contributed by atoms with van der Waals surface area (Å²) in [7, 11) is 0. The van der Waals surface area contributed by atoms with E-state index in [1.807, 2.05) is 13.8 Å². The standard InChI is InChI=1S/C15H16N2O5/c1-9(2)21-13-6-3-10(7-16-13)14(18)17-8-11-4-5-12(22-11)15(19)20/h3-7,9H,8H2,1-2H3,(H,17,18)(H,19,20). The highest BCUT2D eigenvalue weighted by atomic mass is 16.5. The van der Waals surface area contributed by atoms with Gasteiger partial charge in [-0.3, -0.25) is 4.79 Å². The molecule has 0 saturated heterocycles. The third-order valence-electron chi connectivity index (χ3n) is 2.65. The van der Waals surface area contributed by atoms with Crippen LogP contribution >= 0.6 is 0 Å². The number of carbonyl (C=O) groups excluding carboxylic acids is 1. The Morgan fingerprint density at radius 2 is 2.09 bits per heavy atom. The lowest BCUT2D eigenvalue weighted by Gasteiger charge is -2.08. The van der Waals surface area contributed by atoms with E-state index >= 15 is 0 Å². The van der Waals surface area contributed by atoms with Crippen LogP contribution in [0.15, 0.2) is 34.9 Å². The SMILES string of the molecule is CC(C)Oc1ccc(C(=O)NCc2ccc(C(=O)O)o2)cn1. The lowest BCUT2D eigenvalue weighted by atomic mass is 10.2. The molecular formula is C15H16N2O5. The second-order valence-corrected chi connectivity index (χ2v) is 4.81. The lowest BCUT2D eigenvalue weighted by molar-refractivity contribution is 0.0660. The normalized spacial score (nSPS) is 10.5. The Morgan fingerprint density at radius 3 is 2.64 bits per heavy atom. The Bertz CT molecular complexity index is 661. The molecular weight excluding hydrogens is 288 g/mol. The maximum absolute atomic E-state index is 11.9. The van der Waals surface area contributed by atoms with Gasteiger partial charge in [0.1, 0.15) is 5.76 Å². The summed E-state index contributed by atoms with van der Waals surface area (Å²) in [5.74, 6) is -0.845. The molecule has 0 radical (unpaired) electrons. The first-order chi connectivity index (χ1) is 10.5. The third kappa shape index (κ3) is 4.08. The van der Waals surface area contributed by atoms with Gasteiger partial charge in [0, 0.05) is 12.3 Å². The number of carboxylic acids is 1. The molecule has 2 rings (SSSR count). The van der Waals surface area contributed by atoms with Gasteiger partial charge in [-0.25, -0.2) is 9.78 Å². The maximum Gasteiger partial charge on any atom is 0.371 e. The number of hydrogen-bond donors (Lipinski definition) is 2. The van der Waals surface area contributed by atoms with Crippen LogP contribution in [0.1, 0.15) is 40.5 Å². The fraction of sp³-hybridized carbons (Fsp3) is 0.267. The van der Waals surface area contributed by atoms with Crippen LogP contribution in [0, 0.1) is 0 Å². The van der Waals surface area contributed by atoms with E-state index in [-0.39, 0.29) is 24.3 Å². The van der Waals surface area contributed by atoms with E-state index in [9.17, 15) is 9.59 Å². The van der Waals surface area contributed by atoms with Crippen molar-refractivity contribution >= 4 is 11.9 Å². The van der Waals surface area contributed by atoms with Gasteiger partial charge in [-0.15, -0.1) is 0 Å². The largest absolute Gasteiger partial charge is 0.475 e. The van der Waals surface area contributed by atoms with E-state index in [2.05, 4.69) is 10.3 Å². The molecule has 0 unspecified atom stereocenters. The molecule has 0 aromatic carbocycles. The van der Waals surface area contributed by atoms with Crippen molar-refractivity contribution in [2.75, 3.05) is 0 Å². The smallest absolute Gasteiger partial charge is 0.371 e. The molecule has 0 atom stereocenters. The highest BCUT2D eigenvalue weighted by molar-refractivity contribution is 5.93. The number of aromatic carboxylic acids is 1. The van der Waals surface area contributed by atoms with Crippen LogP contribution < -0.4 is 10.1 Å². The van der Waals surface area contributed by atoms with Crippen LogP contribution in [0.2, 0.25) is 0 Å². The molecule has 2 aromatic heterocycles. The van der Waals surface area contributed by atoms with Crippen LogP contribution in [-0.4, -0.2) is 28.1 Å². The number of carboxylic acid groups (broad SMARTS) is 1. The van der Waals surface area contributed by atoms with Crippen LogP contribution in [0.4, 0.5) is 0 Å². The van der Waals surface area contributed by atoms with Crippen LogP contribution in [0.5, 0.6) is 5.88 Å². The van der Waals surface area contributed by atoms with Gasteiger partial charge in [-0.2, -0.15) is 0 Å². The third-order valence-corrected chi connectivity index (χ3v) is 2.65. The average molecular weight is 304 g/mol. The molecule has 0 aliphatic carbocycles. The van der Waals surface area contributed by atoms with Crippen LogP contribution in [-0.2, 0) is 6.54 Å². The fourth-order valence-electron chi connectivity index (χ4n) is 1.68. The van der Waals surface area contributed by atoms with Crippen molar-refractivity contribution < 1.29 is 23.8 Å². The number of carbonyl (C=O) groups is 2. The molecule has 0 bridgehead atoms. The maximum atomic E-state index is 11.9. The van der Waals surface area contributed by atoms with Crippen molar-refractivity contribution in [2.24, 2.45) is 0 Å². The summed E-state index contributed by atoms with van der Waals surface area (Å²) >= 11 is 0. The number of aromatic nitrogens is 1. The number of nitrogens with zero attached hydrogens (tertiary/aromatic N) is 1. The van der Waals surface area contributed by atoms with Crippen molar-refractivity contribution in [3.63, 3.8) is 0 Å². The van der Waals surface area contributed by atoms with E-state index in [1.165, 1.54) is 18.3 Å². The summed E-state index contributed by atoms with van der Waals surface area (Å²) in [6.45, 7) is 3.87. The summed E-state index contributed by atoms with van der Waals surface area (Å²) in [4.78, 5) is 26.7. The Morgan fingerprint density at radius 1 is 1.32 bits per heavy atom. The van der Waals surface area contributed by atoms with E-state index in [0.29, 0.717) is 17.2 Å². The molecule has 7 heteroatoms. The molecule has 2 heterocycles. The molecule has 116 valence electrons. The molecule has 0 spiro atoms. The minimum Gasteiger partial charge on any atom is -0.475 e. The zero-order valence-electron chi connectivity index (χ0n) is 12.2. The minimum absolute atomic E-state index is 0.00885. The molecule has 0 aliphatic rings. The summed E-state index contributed by atoms with van der Waals surface area (Å²) in [6, 6.07) is 6.06. The Labute approximate surface area is 126 Å². The summed E-state index contributed by atoms with van der Waals surface area (Å²) in [6.07, 6.45) is 1.42. The van der Waals surface area contributed by atoms with Gasteiger partial charge in [-0.05, 0) is 32.0 Å². The zero-order chi connectivity index (χ0) is 16.1. The molecule has 2 aromatic rings. The van der Waals surface area contributed by atoms with Gasteiger partial charge in [-0.1, -0.05) is 0 Å². The van der Waals surface area contributed by atoms with Gasteiger partial charge in [0.2, 0.25) is 11.6 Å². The van der Waals surface area contributed by atoms with Crippen molar-refractivity contribution in [2.45, 2.75) is 26.5 Å². The summed E-state index contributed by atoms with van der Waals surface area (Å²) in [5, 5.41) is 11.4. The molecule has 0 saturated carbocycles. The Hall–Kier alpha value is -2.83. The van der Waals surface area contributed by atoms with Gasteiger partial charge in [0.15, 0.2) is 0 Å². The van der Waals surface area contributed by atoms with Gasteiger partial charge >= 0.3 is 5.97 Å². The first-order valence-corrected chi connectivity index (χ1v) is 6.68. The van der Waals surface area contributed by atoms with E-state index in [4.69, 9.17) is 14.3 Å². The highest BCUT2D eigenvalue weighted by Gasteiger charge is 2.11. The highest BCUT2D eigenvalue weighted by Crippen LogP contribution is 2.10. The minimum atomic E-state index is -1.15. The van der Waals surface area contributed by atoms with Crippen molar-refractivity contribution in [3.05, 3.63) is 47.5 Å².